The summed E-state index contributed by atoms with van der Waals surface area (Å²) in [6.45, 7) is 3.59. The number of rotatable bonds is 3. The number of pyridine rings is 2. The van der Waals surface area contributed by atoms with Crippen LogP contribution in [0.3, 0.4) is 0 Å². The van der Waals surface area contributed by atoms with Gasteiger partial charge in [-0.25, -0.2) is 14.2 Å². The zero-order valence-electron chi connectivity index (χ0n) is 15.7. The minimum absolute atomic E-state index is 0.0383. The van der Waals surface area contributed by atoms with Gasteiger partial charge in [0.15, 0.2) is 11.6 Å². The molecule has 2 saturated heterocycles. The number of aromatic nitrogens is 2. The van der Waals surface area contributed by atoms with E-state index in [9.17, 15) is 19.1 Å². The van der Waals surface area contributed by atoms with Gasteiger partial charge in [-0.2, -0.15) is 0 Å². The molecule has 0 bridgehead atoms. The Hall–Kier alpha value is -2.48. The van der Waals surface area contributed by atoms with Crippen LogP contribution in [0.5, 0.6) is 0 Å². The summed E-state index contributed by atoms with van der Waals surface area (Å²) in [6.07, 6.45) is 5.40. The Morgan fingerprint density at radius 2 is 2.07 bits per heavy atom. The predicted molar refractivity (Wildman–Crippen MR) is 103 cm³/mol. The molecule has 0 aromatic carbocycles. The van der Waals surface area contributed by atoms with Gasteiger partial charge in [0.1, 0.15) is 11.2 Å². The molecule has 1 aliphatic carbocycles. The third-order valence-electron chi connectivity index (χ3n) is 6.32. The molecule has 0 amide bonds. The van der Waals surface area contributed by atoms with Gasteiger partial charge in [-0.05, 0) is 44.6 Å². The molecule has 0 radical (unpaired) electrons. The lowest BCUT2D eigenvalue weighted by molar-refractivity contribution is 0.0695. The molecule has 3 atom stereocenters. The van der Waals surface area contributed by atoms with Crippen molar-refractivity contribution in [2.24, 2.45) is 5.92 Å². The van der Waals surface area contributed by atoms with Crippen molar-refractivity contribution in [2.75, 3.05) is 18.0 Å². The first-order chi connectivity index (χ1) is 13.4. The molecule has 2 aliphatic heterocycles. The number of carbonyl (C=O) groups is 1. The van der Waals surface area contributed by atoms with Crippen molar-refractivity contribution in [3.8, 4) is 0 Å². The molecule has 3 aliphatic rings. The van der Waals surface area contributed by atoms with E-state index in [1.165, 1.54) is 12.3 Å². The summed E-state index contributed by atoms with van der Waals surface area (Å²) < 4.78 is 16.7. The standard InChI is InChI=1S/C20H23FN4O3/c1-10-2-3-11-7-24(9-16(11)22-10)19-15(21)6-13-17(26)14(20(27)28)8-25(12-4-5-12)18(13)23-19/h6,8,10-12,16,22H,2-5,7,9H2,1H3,(H,27,28). The number of hydrogen-bond acceptors (Lipinski definition) is 5. The number of halogens is 1. The van der Waals surface area contributed by atoms with E-state index >= 15 is 0 Å². The van der Waals surface area contributed by atoms with Gasteiger partial charge in [-0.15, -0.1) is 0 Å². The van der Waals surface area contributed by atoms with Crippen LogP contribution < -0.4 is 15.6 Å². The molecule has 3 unspecified atom stereocenters. The van der Waals surface area contributed by atoms with Crippen LogP contribution in [0.1, 0.15) is 49.0 Å². The Morgan fingerprint density at radius 1 is 1.29 bits per heavy atom. The Bertz CT molecular complexity index is 1030. The van der Waals surface area contributed by atoms with Gasteiger partial charge in [-0.3, -0.25) is 4.79 Å². The fraction of sp³-hybridized carbons (Fsp3) is 0.550. The van der Waals surface area contributed by atoms with Gasteiger partial charge in [0, 0.05) is 37.4 Å². The second kappa shape index (κ2) is 6.27. The van der Waals surface area contributed by atoms with Crippen LogP contribution in [0.2, 0.25) is 0 Å². The Morgan fingerprint density at radius 3 is 2.79 bits per heavy atom. The summed E-state index contributed by atoms with van der Waals surface area (Å²) in [5.41, 5.74) is -0.633. The summed E-state index contributed by atoms with van der Waals surface area (Å²) >= 11 is 0. The summed E-state index contributed by atoms with van der Waals surface area (Å²) in [5, 5.41) is 13.0. The Labute approximate surface area is 161 Å². The summed E-state index contributed by atoms with van der Waals surface area (Å²) in [5.74, 6) is -1.14. The lowest BCUT2D eigenvalue weighted by Crippen LogP contribution is -2.46. The molecule has 8 heteroatoms. The van der Waals surface area contributed by atoms with Crippen molar-refractivity contribution in [3.63, 3.8) is 0 Å². The van der Waals surface area contributed by atoms with Crippen molar-refractivity contribution in [1.29, 1.82) is 0 Å². The van der Waals surface area contributed by atoms with E-state index in [1.54, 1.807) is 4.57 Å². The molecule has 0 spiro atoms. The molecule has 1 saturated carbocycles. The molecule has 4 heterocycles. The normalized spacial score (nSPS) is 27.2. The number of carboxylic acid groups (broad SMARTS) is 1. The van der Waals surface area contributed by atoms with Crippen LogP contribution in [0.4, 0.5) is 10.2 Å². The van der Waals surface area contributed by atoms with Crippen LogP contribution in [-0.2, 0) is 0 Å². The maximum absolute atomic E-state index is 15.0. The third kappa shape index (κ3) is 2.78. The molecular weight excluding hydrogens is 363 g/mol. The number of nitrogens with one attached hydrogen (secondary N) is 1. The van der Waals surface area contributed by atoms with E-state index < -0.39 is 17.2 Å². The van der Waals surface area contributed by atoms with Gasteiger partial charge in [0.25, 0.3) is 0 Å². The first-order valence-corrected chi connectivity index (χ1v) is 9.92. The highest BCUT2D eigenvalue weighted by atomic mass is 19.1. The Kier molecular flexibility index (Phi) is 3.94. The maximum Gasteiger partial charge on any atom is 0.341 e. The average molecular weight is 386 g/mol. The van der Waals surface area contributed by atoms with Crippen LogP contribution >= 0.6 is 0 Å². The first-order valence-electron chi connectivity index (χ1n) is 9.92. The van der Waals surface area contributed by atoms with Crippen LogP contribution in [0.25, 0.3) is 11.0 Å². The largest absolute Gasteiger partial charge is 0.477 e. The molecule has 148 valence electrons. The molecule has 5 rings (SSSR count). The number of nitrogens with zero attached hydrogens (tertiary/aromatic N) is 3. The van der Waals surface area contributed by atoms with Crippen LogP contribution in [0.15, 0.2) is 17.1 Å². The van der Waals surface area contributed by atoms with Crippen molar-refractivity contribution < 1.29 is 14.3 Å². The smallest absolute Gasteiger partial charge is 0.341 e. The lowest BCUT2D eigenvalue weighted by atomic mass is 9.91. The Balaban J connectivity index is 1.61. The van der Waals surface area contributed by atoms with Gasteiger partial charge >= 0.3 is 5.97 Å². The number of fused-ring (bicyclic) bond motifs is 2. The highest BCUT2D eigenvalue weighted by Crippen LogP contribution is 2.38. The zero-order chi connectivity index (χ0) is 19.6. The number of aromatic carboxylic acids is 1. The average Bonchev–Trinajstić information content (AvgIpc) is 3.41. The number of anilines is 1. The van der Waals surface area contributed by atoms with Crippen LogP contribution in [-0.4, -0.2) is 45.8 Å². The van der Waals surface area contributed by atoms with Gasteiger partial charge in [0.05, 0.1) is 5.39 Å². The molecule has 28 heavy (non-hydrogen) atoms. The highest BCUT2D eigenvalue weighted by Gasteiger charge is 2.38. The van der Waals surface area contributed by atoms with Crippen molar-refractivity contribution in [2.45, 2.75) is 50.7 Å². The summed E-state index contributed by atoms with van der Waals surface area (Å²) in [7, 11) is 0. The van der Waals surface area contributed by atoms with E-state index in [0.717, 1.165) is 32.2 Å². The monoisotopic (exact) mass is 386 g/mol. The van der Waals surface area contributed by atoms with Crippen molar-refractivity contribution in [3.05, 3.63) is 33.9 Å². The van der Waals surface area contributed by atoms with Gasteiger partial charge in [-0.1, -0.05) is 0 Å². The maximum atomic E-state index is 15.0. The minimum atomic E-state index is -1.30. The zero-order valence-corrected chi connectivity index (χ0v) is 15.7. The molecule has 2 aromatic rings. The van der Waals surface area contributed by atoms with Gasteiger partial charge < -0.3 is 19.9 Å². The number of hydrogen-bond donors (Lipinski definition) is 2. The fourth-order valence-corrected chi connectivity index (χ4v) is 4.68. The van der Waals surface area contributed by atoms with E-state index in [0.29, 0.717) is 30.2 Å². The van der Waals surface area contributed by atoms with Crippen molar-refractivity contribution in [1.82, 2.24) is 14.9 Å². The molecule has 7 nitrogen and oxygen atoms in total. The second-order valence-corrected chi connectivity index (χ2v) is 8.40. The summed E-state index contributed by atoms with van der Waals surface area (Å²) in [6, 6.07) is 2.07. The molecule has 3 fully saturated rings. The van der Waals surface area contributed by atoms with E-state index in [4.69, 9.17) is 0 Å². The fourth-order valence-electron chi connectivity index (χ4n) is 4.68. The van der Waals surface area contributed by atoms with Crippen LogP contribution in [0, 0.1) is 11.7 Å². The van der Waals surface area contributed by atoms with E-state index in [-0.39, 0.29) is 22.8 Å². The van der Waals surface area contributed by atoms with Crippen molar-refractivity contribution >= 4 is 22.8 Å². The summed E-state index contributed by atoms with van der Waals surface area (Å²) in [4.78, 5) is 30.5. The topological polar surface area (TPSA) is 87.5 Å². The minimum Gasteiger partial charge on any atom is -0.477 e. The quantitative estimate of drug-likeness (QED) is 0.841. The molecular formula is C20H23FN4O3. The predicted octanol–water partition coefficient (Wildman–Crippen LogP) is 2.15. The second-order valence-electron chi connectivity index (χ2n) is 8.40. The first kappa shape index (κ1) is 17.6. The number of piperidine rings is 1. The molecule has 2 N–H and O–H groups in total. The SMILES string of the molecule is CC1CCC2CN(c3nc4c(cc3F)c(=O)c(C(=O)O)cn4C3CC3)CC2N1. The third-order valence-corrected chi connectivity index (χ3v) is 6.32. The highest BCUT2D eigenvalue weighted by molar-refractivity contribution is 5.92. The lowest BCUT2D eigenvalue weighted by Gasteiger charge is -2.30. The van der Waals surface area contributed by atoms with Gasteiger partial charge in [0.2, 0.25) is 5.43 Å². The molecule has 2 aromatic heterocycles. The van der Waals surface area contributed by atoms with E-state index in [1.807, 2.05) is 4.90 Å². The number of carboxylic acids is 1. The van der Waals surface area contributed by atoms with E-state index in [2.05, 4.69) is 17.2 Å².